The van der Waals surface area contributed by atoms with Gasteiger partial charge in [-0.3, -0.25) is 9.78 Å². The normalized spacial score (nSPS) is 22.1. The number of likely N-dealkylation sites (tertiary alicyclic amines) is 1. The van der Waals surface area contributed by atoms with E-state index in [0.29, 0.717) is 5.41 Å². The first-order chi connectivity index (χ1) is 11.3. The Morgan fingerprint density at radius 2 is 2.22 bits per heavy atom. The minimum absolute atomic E-state index is 0.154. The van der Waals surface area contributed by atoms with Crippen LogP contribution in [0.4, 0.5) is 0 Å². The van der Waals surface area contributed by atoms with E-state index in [0.717, 1.165) is 16.9 Å². The molecule has 0 aromatic carbocycles. The smallest absolute Gasteiger partial charge is 0.257 e. The minimum Gasteiger partial charge on any atom is -0.330 e. The summed E-state index contributed by atoms with van der Waals surface area (Å²) in [4.78, 5) is 20.5. The van der Waals surface area contributed by atoms with E-state index in [1.54, 1.807) is 17.5 Å². The summed E-state index contributed by atoms with van der Waals surface area (Å²) in [6, 6.07) is 6.21. The third-order valence-corrected chi connectivity index (χ3v) is 6.40. The third-order valence-electron chi connectivity index (χ3n) is 5.49. The summed E-state index contributed by atoms with van der Waals surface area (Å²) in [6.07, 6.45) is 11.4. The molecule has 0 bridgehead atoms. The number of thiazole rings is 1. The molecule has 1 spiro atoms. The van der Waals surface area contributed by atoms with Crippen LogP contribution in [0.5, 0.6) is 0 Å². The maximum absolute atomic E-state index is 13.1. The van der Waals surface area contributed by atoms with Crippen molar-refractivity contribution in [2.24, 2.45) is 5.41 Å². The van der Waals surface area contributed by atoms with Crippen molar-refractivity contribution in [2.75, 3.05) is 6.54 Å². The zero-order valence-electron chi connectivity index (χ0n) is 12.7. The zero-order chi connectivity index (χ0) is 15.4. The molecule has 1 amide bonds. The molecule has 1 saturated carbocycles. The number of hydrogen-bond acceptors (Lipinski definition) is 3. The van der Waals surface area contributed by atoms with Crippen LogP contribution < -0.4 is 0 Å². The van der Waals surface area contributed by atoms with Gasteiger partial charge in [0.1, 0.15) is 4.83 Å². The van der Waals surface area contributed by atoms with Gasteiger partial charge in [0, 0.05) is 42.1 Å². The Bertz CT molecular complexity index is 878. The van der Waals surface area contributed by atoms with Crippen molar-refractivity contribution >= 4 is 22.1 Å². The Morgan fingerprint density at radius 3 is 2.96 bits per heavy atom. The van der Waals surface area contributed by atoms with Gasteiger partial charge in [0.2, 0.25) is 0 Å². The molecule has 5 heteroatoms. The molecule has 3 aromatic heterocycles. The average molecular weight is 323 g/mol. The van der Waals surface area contributed by atoms with Crippen LogP contribution in [0.15, 0.2) is 48.4 Å². The first-order valence-electron chi connectivity index (χ1n) is 8.04. The number of hydrogen-bond donors (Lipinski definition) is 0. The summed E-state index contributed by atoms with van der Waals surface area (Å²) >= 11 is 1.62. The number of carbonyl (C=O) groups excluding carboxylic acids is 1. The van der Waals surface area contributed by atoms with Gasteiger partial charge in [0.15, 0.2) is 0 Å². The first-order valence-corrected chi connectivity index (χ1v) is 8.92. The van der Waals surface area contributed by atoms with E-state index >= 15 is 0 Å². The third kappa shape index (κ3) is 1.77. The molecule has 2 fully saturated rings. The van der Waals surface area contributed by atoms with Gasteiger partial charge in [-0.2, -0.15) is 0 Å². The molecule has 4 nitrogen and oxygen atoms in total. The topological polar surface area (TPSA) is 37.6 Å². The number of carbonyl (C=O) groups is 1. The van der Waals surface area contributed by atoms with E-state index in [2.05, 4.69) is 11.1 Å². The second kappa shape index (κ2) is 4.68. The molecule has 3 aromatic rings. The van der Waals surface area contributed by atoms with Crippen molar-refractivity contribution in [1.82, 2.24) is 14.3 Å². The Balaban J connectivity index is 1.52. The second-order valence-corrected chi connectivity index (χ2v) is 7.58. The number of pyridine rings is 1. The maximum atomic E-state index is 13.1. The van der Waals surface area contributed by atoms with Gasteiger partial charge in [-0.25, -0.2) is 0 Å². The molecule has 1 unspecified atom stereocenters. The van der Waals surface area contributed by atoms with Crippen molar-refractivity contribution in [1.29, 1.82) is 0 Å². The highest BCUT2D eigenvalue weighted by Gasteiger charge is 2.58. The van der Waals surface area contributed by atoms with E-state index in [1.807, 2.05) is 45.4 Å². The summed E-state index contributed by atoms with van der Waals surface area (Å²) in [7, 11) is 0. The zero-order valence-corrected chi connectivity index (χ0v) is 13.5. The predicted octanol–water partition coefficient (Wildman–Crippen LogP) is 3.76. The van der Waals surface area contributed by atoms with Gasteiger partial charge in [0.25, 0.3) is 5.91 Å². The minimum atomic E-state index is 0.154. The standard InChI is InChI=1S/C18H17N3OS/c22-16(14-4-8-20-9-10-23-17(14)20)21-12-18(5-2-6-18)15(21)13-3-1-7-19-11-13/h1,3-4,7-11,15H,2,5-6,12H2. The fourth-order valence-corrected chi connectivity index (χ4v) is 5.06. The average Bonchev–Trinajstić information content (AvgIpc) is 3.08. The molecule has 1 atom stereocenters. The van der Waals surface area contributed by atoms with Gasteiger partial charge in [-0.15, -0.1) is 11.3 Å². The molecule has 1 saturated heterocycles. The van der Waals surface area contributed by atoms with Crippen LogP contribution >= 0.6 is 11.3 Å². The summed E-state index contributed by atoms with van der Waals surface area (Å²) in [5.74, 6) is 0.154. The van der Waals surface area contributed by atoms with Gasteiger partial charge in [-0.05, 0) is 30.5 Å². The summed E-state index contributed by atoms with van der Waals surface area (Å²) in [5.41, 5.74) is 2.30. The Morgan fingerprint density at radius 1 is 1.30 bits per heavy atom. The van der Waals surface area contributed by atoms with Crippen LogP contribution in [0.25, 0.3) is 4.83 Å². The fraction of sp³-hybridized carbons (Fsp3) is 0.333. The number of aromatic nitrogens is 2. The van der Waals surface area contributed by atoms with Gasteiger partial charge < -0.3 is 9.30 Å². The molecule has 1 aliphatic carbocycles. The van der Waals surface area contributed by atoms with Crippen LogP contribution in [-0.4, -0.2) is 26.7 Å². The Kier molecular flexibility index (Phi) is 2.71. The summed E-state index contributed by atoms with van der Waals surface area (Å²) in [6.45, 7) is 0.883. The lowest BCUT2D eigenvalue weighted by Crippen LogP contribution is -2.63. The fourth-order valence-electron chi connectivity index (χ4n) is 4.21. The molecule has 0 radical (unpaired) electrons. The lowest BCUT2D eigenvalue weighted by atomic mass is 9.56. The van der Waals surface area contributed by atoms with E-state index in [9.17, 15) is 4.79 Å². The molecule has 0 N–H and O–H groups in total. The molecule has 5 rings (SSSR count). The molecule has 1 aliphatic heterocycles. The summed E-state index contributed by atoms with van der Waals surface area (Å²) in [5, 5.41) is 2.02. The molecule has 4 heterocycles. The SMILES string of the molecule is O=C(c1ccn2ccsc12)N1CC2(CCC2)C1c1cccnc1. The molecule has 116 valence electrons. The van der Waals surface area contributed by atoms with Crippen LogP contribution in [-0.2, 0) is 0 Å². The molecular formula is C18H17N3OS. The highest BCUT2D eigenvalue weighted by molar-refractivity contribution is 7.16. The van der Waals surface area contributed by atoms with Crippen LogP contribution in [0.3, 0.4) is 0 Å². The van der Waals surface area contributed by atoms with E-state index < -0.39 is 0 Å². The van der Waals surface area contributed by atoms with Gasteiger partial charge >= 0.3 is 0 Å². The van der Waals surface area contributed by atoms with Crippen molar-refractivity contribution in [3.05, 3.63) is 59.5 Å². The van der Waals surface area contributed by atoms with Crippen LogP contribution in [0.1, 0.15) is 41.2 Å². The van der Waals surface area contributed by atoms with E-state index in [-0.39, 0.29) is 11.9 Å². The first kappa shape index (κ1) is 13.3. The number of amides is 1. The lowest BCUT2D eigenvalue weighted by molar-refractivity contribution is -0.105. The second-order valence-electron chi connectivity index (χ2n) is 6.68. The number of nitrogens with zero attached hydrogens (tertiary/aromatic N) is 3. The van der Waals surface area contributed by atoms with Crippen LogP contribution in [0.2, 0.25) is 0 Å². The molecule has 2 aliphatic rings. The highest BCUT2D eigenvalue weighted by atomic mass is 32.1. The van der Waals surface area contributed by atoms with E-state index in [4.69, 9.17) is 0 Å². The lowest BCUT2D eigenvalue weighted by Gasteiger charge is -2.62. The molecular weight excluding hydrogens is 306 g/mol. The molecule has 23 heavy (non-hydrogen) atoms. The Labute approximate surface area is 138 Å². The van der Waals surface area contributed by atoms with Crippen molar-refractivity contribution in [3.63, 3.8) is 0 Å². The highest BCUT2D eigenvalue weighted by Crippen LogP contribution is 2.60. The van der Waals surface area contributed by atoms with Gasteiger partial charge in [0.05, 0.1) is 11.6 Å². The van der Waals surface area contributed by atoms with Gasteiger partial charge in [-0.1, -0.05) is 12.5 Å². The van der Waals surface area contributed by atoms with E-state index in [1.165, 1.54) is 24.8 Å². The Hall–Kier alpha value is -2.14. The van der Waals surface area contributed by atoms with Crippen LogP contribution in [0, 0.1) is 5.41 Å². The predicted molar refractivity (Wildman–Crippen MR) is 89.6 cm³/mol. The van der Waals surface area contributed by atoms with Crippen molar-refractivity contribution < 1.29 is 4.79 Å². The van der Waals surface area contributed by atoms with Crippen molar-refractivity contribution in [2.45, 2.75) is 25.3 Å². The quantitative estimate of drug-likeness (QED) is 0.720. The number of fused-ring (bicyclic) bond motifs is 1. The number of rotatable bonds is 2. The maximum Gasteiger partial charge on any atom is 0.257 e. The summed E-state index contributed by atoms with van der Waals surface area (Å²) < 4.78 is 2.02. The van der Waals surface area contributed by atoms with Crippen molar-refractivity contribution in [3.8, 4) is 0 Å². The monoisotopic (exact) mass is 323 g/mol. The largest absolute Gasteiger partial charge is 0.330 e.